The van der Waals surface area contributed by atoms with Gasteiger partial charge in [-0.1, -0.05) is 22.9 Å². The third kappa shape index (κ3) is 3.33. The van der Waals surface area contributed by atoms with Crippen LogP contribution in [0.2, 0.25) is 0 Å². The molecule has 1 aliphatic heterocycles. The number of nitrogens with zero attached hydrogens (tertiary/aromatic N) is 1. The number of ether oxygens (including phenoxy) is 1. The van der Waals surface area contributed by atoms with Crippen molar-refractivity contribution < 1.29 is 9.53 Å². The van der Waals surface area contributed by atoms with Gasteiger partial charge in [0.05, 0.1) is 12.7 Å². The summed E-state index contributed by atoms with van der Waals surface area (Å²) in [6, 6.07) is 5.84. The predicted molar refractivity (Wildman–Crippen MR) is 83.3 cm³/mol. The number of carbonyl (C=O) groups is 1. The number of nitrogens with one attached hydrogen (secondary N) is 1. The molecule has 4 nitrogen and oxygen atoms in total. The Labute approximate surface area is 128 Å². The molecule has 2 rings (SSSR count). The molecule has 1 aromatic rings. The lowest BCUT2D eigenvalue weighted by atomic mass is 10.1. The van der Waals surface area contributed by atoms with Crippen LogP contribution in [0.4, 0.5) is 0 Å². The first kappa shape index (κ1) is 15.3. The summed E-state index contributed by atoms with van der Waals surface area (Å²) in [6.45, 7) is 4.74. The fourth-order valence-corrected chi connectivity index (χ4v) is 2.93. The van der Waals surface area contributed by atoms with Crippen LogP contribution in [0.5, 0.6) is 5.75 Å². The SMILES string of the molecule is CCCN(C(=O)c1ccc(Br)cc1OC)C1CCNC1. The van der Waals surface area contributed by atoms with Crippen molar-refractivity contribution in [2.75, 3.05) is 26.7 Å². The van der Waals surface area contributed by atoms with Gasteiger partial charge < -0.3 is 15.0 Å². The highest BCUT2D eigenvalue weighted by Crippen LogP contribution is 2.26. The van der Waals surface area contributed by atoms with E-state index in [1.54, 1.807) is 7.11 Å². The van der Waals surface area contributed by atoms with Crippen LogP contribution < -0.4 is 10.1 Å². The second-order valence-electron chi connectivity index (χ2n) is 4.99. The largest absolute Gasteiger partial charge is 0.496 e. The number of benzene rings is 1. The molecule has 1 aromatic carbocycles. The van der Waals surface area contributed by atoms with E-state index >= 15 is 0 Å². The van der Waals surface area contributed by atoms with E-state index in [0.29, 0.717) is 11.3 Å². The van der Waals surface area contributed by atoms with Crippen LogP contribution in [-0.2, 0) is 0 Å². The van der Waals surface area contributed by atoms with Crippen LogP contribution in [0, 0.1) is 0 Å². The predicted octanol–water partition coefficient (Wildman–Crippen LogP) is 2.67. The quantitative estimate of drug-likeness (QED) is 0.895. The minimum Gasteiger partial charge on any atom is -0.496 e. The molecule has 0 saturated carbocycles. The van der Waals surface area contributed by atoms with E-state index < -0.39 is 0 Å². The molecular formula is C15H21BrN2O2. The summed E-state index contributed by atoms with van der Waals surface area (Å²) < 4.78 is 6.26. The first-order valence-corrected chi connectivity index (χ1v) is 7.82. The van der Waals surface area contributed by atoms with Crippen LogP contribution in [0.3, 0.4) is 0 Å². The Kier molecular flexibility index (Phi) is 5.43. The molecule has 1 unspecified atom stereocenters. The van der Waals surface area contributed by atoms with Gasteiger partial charge in [0.2, 0.25) is 0 Å². The fraction of sp³-hybridized carbons (Fsp3) is 0.533. The van der Waals surface area contributed by atoms with Crippen molar-refractivity contribution in [1.82, 2.24) is 10.2 Å². The highest BCUT2D eigenvalue weighted by atomic mass is 79.9. The van der Waals surface area contributed by atoms with Gasteiger partial charge in [-0.3, -0.25) is 4.79 Å². The molecule has 1 fully saturated rings. The third-order valence-corrected chi connectivity index (χ3v) is 4.09. The number of rotatable bonds is 5. The highest BCUT2D eigenvalue weighted by Gasteiger charge is 2.28. The lowest BCUT2D eigenvalue weighted by Crippen LogP contribution is -2.42. The van der Waals surface area contributed by atoms with E-state index in [1.807, 2.05) is 23.1 Å². The maximum absolute atomic E-state index is 12.8. The monoisotopic (exact) mass is 340 g/mol. The zero-order valence-electron chi connectivity index (χ0n) is 12.0. The van der Waals surface area contributed by atoms with Crippen LogP contribution in [0.1, 0.15) is 30.1 Å². The first-order chi connectivity index (χ1) is 9.67. The summed E-state index contributed by atoms with van der Waals surface area (Å²) in [5.41, 5.74) is 0.635. The van der Waals surface area contributed by atoms with E-state index in [2.05, 4.69) is 28.2 Å². The van der Waals surface area contributed by atoms with Crippen molar-refractivity contribution in [3.05, 3.63) is 28.2 Å². The Balaban J connectivity index is 2.26. The molecule has 0 radical (unpaired) electrons. The molecule has 1 amide bonds. The van der Waals surface area contributed by atoms with E-state index in [9.17, 15) is 4.79 Å². The van der Waals surface area contributed by atoms with Gasteiger partial charge in [-0.15, -0.1) is 0 Å². The highest BCUT2D eigenvalue weighted by molar-refractivity contribution is 9.10. The molecule has 1 N–H and O–H groups in total. The van der Waals surface area contributed by atoms with Gasteiger partial charge in [-0.25, -0.2) is 0 Å². The Morgan fingerprint density at radius 1 is 1.55 bits per heavy atom. The molecular weight excluding hydrogens is 320 g/mol. The van der Waals surface area contributed by atoms with Crippen molar-refractivity contribution in [2.24, 2.45) is 0 Å². The maximum atomic E-state index is 12.8. The second kappa shape index (κ2) is 7.09. The Morgan fingerprint density at radius 3 is 2.95 bits per heavy atom. The standard InChI is InChI=1S/C15H21BrN2O2/c1-3-8-18(12-6-7-17-10-12)15(19)13-5-4-11(16)9-14(13)20-2/h4-5,9,12,17H,3,6-8,10H2,1-2H3. The van der Waals surface area contributed by atoms with Gasteiger partial charge in [0.25, 0.3) is 5.91 Å². The second-order valence-corrected chi connectivity index (χ2v) is 5.91. The summed E-state index contributed by atoms with van der Waals surface area (Å²) in [5, 5.41) is 3.32. The maximum Gasteiger partial charge on any atom is 0.257 e. The molecule has 110 valence electrons. The van der Waals surface area contributed by atoms with Gasteiger partial charge in [0, 0.05) is 23.6 Å². The molecule has 1 saturated heterocycles. The van der Waals surface area contributed by atoms with E-state index in [4.69, 9.17) is 4.74 Å². The minimum atomic E-state index is 0.0601. The summed E-state index contributed by atoms with van der Waals surface area (Å²) in [7, 11) is 1.60. The summed E-state index contributed by atoms with van der Waals surface area (Å²) in [5.74, 6) is 0.682. The lowest BCUT2D eigenvalue weighted by Gasteiger charge is -2.28. The fourth-order valence-electron chi connectivity index (χ4n) is 2.59. The lowest BCUT2D eigenvalue weighted by molar-refractivity contribution is 0.0689. The zero-order chi connectivity index (χ0) is 14.5. The van der Waals surface area contributed by atoms with Gasteiger partial charge >= 0.3 is 0 Å². The van der Waals surface area contributed by atoms with Crippen molar-refractivity contribution in [1.29, 1.82) is 0 Å². The van der Waals surface area contributed by atoms with Gasteiger partial charge in [-0.05, 0) is 37.6 Å². The van der Waals surface area contributed by atoms with E-state index in [1.165, 1.54) is 0 Å². The minimum absolute atomic E-state index is 0.0601. The van der Waals surface area contributed by atoms with Crippen molar-refractivity contribution in [2.45, 2.75) is 25.8 Å². The number of hydrogen-bond donors (Lipinski definition) is 1. The smallest absolute Gasteiger partial charge is 0.257 e. The molecule has 0 aliphatic carbocycles. The molecule has 0 aromatic heterocycles. The molecule has 0 bridgehead atoms. The Hall–Kier alpha value is -1.07. The number of hydrogen-bond acceptors (Lipinski definition) is 3. The average molecular weight is 341 g/mol. The zero-order valence-corrected chi connectivity index (χ0v) is 13.6. The van der Waals surface area contributed by atoms with Crippen LogP contribution in [-0.4, -0.2) is 43.6 Å². The first-order valence-electron chi connectivity index (χ1n) is 7.02. The Morgan fingerprint density at radius 2 is 2.35 bits per heavy atom. The average Bonchev–Trinajstić information content (AvgIpc) is 2.97. The summed E-state index contributed by atoms with van der Waals surface area (Å²) >= 11 is 3.41. The van der Waals surface area contributed by atoms with E-state index in [0.717, 1.165) is 36.9 Å². The van der Waals surface area contributed by atoms with E-state index in [-0.39, 0.29) is 11.9 Å². The van der Waals surface area contributed by atoms with Gasteiger partial charge in [0.1, 0.15) is 5.75 Å². The molecule has 0 spiro atoms. The van der Waals surface area contributed by atoms with Gasteiger partial charge in [0.15, 0.2) is 0 Å². The van der Waals surface area contributed by atoms with Crippen LogP contribution >= 0.6 is 15.9 Å². The number of carbonyl (C=O) groups excluding carboxylic acids is 1. The molecule has 1 aliphatic rings. The molecule has 1 atom stereocenters. The molecule has 1 heterocycles. The number of halogens is 1. The van der Waals surface area contributed by atoms with Crippen molar-refractivity contribution in [3.8, 4) is 5.75 Å². The van der Waals surface area contributed by atoms with Crippen LogP contribution in [0.25, 0.3) is 0 Å². The Bertz CT molecular complexity index is 473. The summed E-state index contributed by atoms with van der Waals surface area (Å²) in [4.78, 5) is 14.8. The third-order valence-electron chi connectivity index (χ3n) is 3.59. The summed E-state index contributed by atoms with van der Waals surface area (Å²) in [6.07, 6.45) is 1.98. The van der Waals surface area contributed by atoms with Crippen molar-refractivity contribution >= 4 is 21.8 Å². The number of methoxy groups -OCH3 is 1. The van der Waals surface area contributed by atoms with Crippen LogP contribution in [0.15, 0.2) is 22.7 Å². The molecule has 5 heteroatoms. The normalized spacial score (nSPS) is 18.1. The van der Waals surface area contributed by atoms with Gasteiger partial charge in [-0.2, -0.15) is 0 Å². The molecule has 20 heavy (non-hydrogen) atoms. The van der Waals surface area contributed by atoms with Crippen molar-refractivity contribution in [3.63, 3.8) is 0 Å². The number of amides is 1. The topological polar surface area (TPSA) is 41.6 Å².